The number of imidazole rings is 1. The molecular formula is C21H25N5O2. The first-order chi connectivity index (χ1) is 13.6. The lowest BCUT2D eigenvalue weighted by Crippen LogP contribution is -2.28. The van der Waals surface area contributed by atoms with E-state index in [4.69, 9.17) is 9.47 Å². The second-order valence-corrected chi connectivity index (χ2v) is 7.18. The van der Waals surface area contributed by atoms with Crippen molar-refractivity contribution in [1.82, 2.24) is 19.3 Å². The van der Waals surface area contributed by atoms with E-state index in [1.807, 2.05) is 22.9 Å². The maximum absolute atomic E-state index is 5.85. The summed E-state index contributed by atoms with van der Waals surface area (Å²) in [5.74, 6) is 1.49. The van der Waals surface area contributed by atoms with Gasteiger partial charge in [0.15, 0.2) is 6.79 Å². The zero-order valence-corrected chi connectivity index (χ0v) is 16.5. The van der Waals surface area contributed by atoms with E-state index in [9.17, 15) is 0 Å². The number of likely N-dealkylation sites (N-methyl/N-ethyl adjacent to an activating group) is 2. The minimum absolute atomic E-state index is 0.209. The SMILES string of the molecule is CN(C)CCN(C)c1ccc2c(c1)OCOCC(c1cn3cccnc3n1)=C2. The highest BCUT2D eigenvalue weighted by Gasteiger charge is 2.14. The molecular weight excluding hydrogens is 354 g/mol. The zero-order valence-electron chi connectivity index (χ0n) is 16.5. The van der Waals surface area contributed by atoms with Crippen molar-refractivity contribution >= 4 is 23.1 Å². The zero-order chi connectivity index (χ0) is 19.5. The van der Waals surface area contributed by atoms with Gasteiger partial charge in [0, 0.05) is 61.6 Å². The molecule has 0 aliphatic carbocycles. The number of benzene rings is 1. The predicted molar refractivity (Wildman–Crippen MR) is 111 cm³/mol. The van der Waals surface area contributed by atoms with Crippen LogP contribution in [0.15, 0.2) is 42.9 Å². The predicted octanol–water partition coefficient (Wildman–Crippen LogP) is 2.63. The van der Waals surface area contributed by atoms with Crippen molar-refractivity contribution in [2.45, 2.75) is 0 Å². The van der Waals surface area contributed by atoms with Crippen LogP contribution in [0.25, 0.3) is 17.4 Å². The van der Waals surface area contributed by atoms with E-state index in [0.717, 1.165) is 41.4 Å². The molecule has 0 amide bonds. The van der Waals surface area contributed by atoms with Gasteiger partial charge in [0.25, 0.3) is 0 Å². The van der Waals surface area contributed by atoms with E-state index < -0.39 is 0 Å². The van der Waals surface area contributed by atoms with E-state index in [-0.39, 0.29) is 6.79 Å². The van der Waals surface area contributed by atoms with Crippen LogP contribution in [0.2, 0.25) is 0 Å². The molecule has 3 aromatic rings. The maximum atomic E-state index is 5.85. The second-order valence-electron chi connectivity index (χ2n) is 7.18. The number of ether oxygens (including phenoxy) is 2. The summed E-state index contributed by atoms with van der Waals surface area (Å²) < 4.78 is 13.5. The minimum Gasteiger partial charge on any atom is -0.467 e. The highest BCUT2D eigenvalue weighted by Crippen LogP contribution is 2.30. The first-order valence-corrected chi connectivity index (χ1v) is 9.31. The van der Waals surface area contributed by atoms with Gasteiger partial charge < -0.3 is 19.3 Å². The van der Waals surface area contributed by atoms with Crippen LogP contribution in [0.1, 0.15) is 11.3 Å². The van der Waals surface area contributed by atoms with E-state index in [1.54, 1.807) is 6.20 Å². The Morgan fingerprint density at radius 1 is 1.18 bits per heavy atom. The third kappa shape index (κ3) is 4.00. The van der Waals surface area contributed by atoms with Crippen LogP contribution in [0.5, 0.6) is 5.75 Å². The smallest absolute Gasteiger partial charge is 0.234 e. The molecule has 4 rings (SSSR count). The molecule has 0 saturated carbocycles. The van der Waals surface area contributed by atoms with Gasteiger partial charge in [-0.15, -0.1) is 0 Å². The van der Waals surface area contributed by atoms with Crippen LogP contribution >= 0.6 is 0 Å². The molecule has 0 N–H and O–H groups in total. The monoisotopic (exact) mass is 379 g/mol. The van der Waals surface area contributed by atoms with Gasteiger partial charge in [-0.1, -0.05) is 0 Å². The molecule has 7 nitrogen and oxygen atoms in total. The van der Waals surface area contributed by atoms with Crippen LogP contribution in [-0.4, -0.2) is 66.9 Å². The van der Waals surface area contributed by atoms with Gasteiger partial charge in [-0.3, -0.25) is 4.40 Å². The molecule has 0 bridgehead atoms. The van der Waals surface area contributed by atoms with Gasteiger partial charge >= 0.3 is 0 Å². The molecule has 1 aliphatic rings. The normalized spacial score (nSPS) is 14.2. The molecule has 0 unspecified atom stereocenters. The molecule has 3 heterocycles. The molecule has 28 heavy (non-hydrogen) atoms. The van der Waals surface area contributed by atoms with Gasteiger partial charge in [-0.2, -0.15) is 0 Å². The summed E-state index contributed by atoms with van der Waals surface area (Å²) in [5.41, 5.74) is 4.00. The number of hydrogen-bond acceptors (Lipinski definition) is 6. The number of aromatic nitrogens is 3. The molecule has 1 aliphatic heterocycles. The van der Waals surface area contributed by atoms with Crippen molar-refractivity contribution in [2.75, 3.05) is 52.5 Å². The Balaban J connectivity index is 1.64. The standard InChI is InChI=1S/C21H25N5O2/c1-24(2)9-10-25(3)18-6-5-16-11-17(14-27-15-28-20(16)12-18)19-13-26-8-4-7-22-21(26)23-19/h4-8,11-13H,9-10,14-15H2,1-3H3. The van der Waals surface area contributed by atoms with Gasteiger partial charge in [-0.25, -0.2) is 9.97 Å². The average molecular weight is 379 g/mol. The molecule has 7 heteroatoms. The van der Waals surface area contributed by atoms with Gasteiger partial charge in [0.2, 0.25) is 5.78 Å². The van der Waals surface area contributed by atoms with Crippen molar-refractivity contribution in [3.05, 3.63) is 54.1 Å². The van der Waals surface area contributed by atoms with Crippen LogP contribution in [0, 0.1) is 0 Å². The lowest BCUT2D eigenvalue weighted by molar-refractivity contribution is 0.0324. The fraction of sp³-hybridized carbons (Fsp3) is 0.333. The fourth-order valence-corrected chi connectivity index (χ4v) is 3.10. The molecule has 0 saturated heterocycles. The Morgan fingerprint density at radius 2 is 2.07 bits per heavy atom. The summed E-state index contributed by atoms with van der Waals surface area (Å²) >= 11 is 0. The summed E-state index contributed by atoms with van der Waals surface area (Å²) in [4.78, 5) is 13.3. The summed E-state index contributed by atoms with van der Waals surface area (Å²) in [6.07, 6.45) is 7.74. The lowest BCUT2D eigenvalue weighted by atomic mass is 10.1. The van der Waals surface area contributed by atoms with Crippen LogP contribution in [0.4, 0.5) is 5.69 Å². The third-order valence-corrected chi connectivity index (χ3v) is 4.77. The second kappa shape index (κ2) is 8.00. The Hall–Kier alpha value is -2.90. The number of anilines is 1. The number of nitrogens with zero attached hydrogens (tertiary/aromatic N) is 5. The van der Waals surface area contributed by atoms with Crippen molar-refractivity contribution in [3.8, 4) is 5.75 Å². The van der Waals surface area contributed by atoms with Crippen LogP contribution < -0.4 is 9.64 Å². The quantitative estimate of drug-likeness (QED) is 0.679. The molecule has 146 valence electrons. The largest absolute Gasteiger partial charge is 0.467 e. The van der Waals surface area contributed by atoms with Gasteiger partial charge in [-0.05, 0) is 38.4 Å². The summed E-state index contributed by atoms with van der Waals surface area (Å²) in [7, 11) is 6.25. The Morgan fingerprint density at radius 3 is 2.89 bits per heavy atom. The summed E-state index contributed by atoms with van der Waals surface area (Å²) in [6.45, 7) is 2.58. The van der Waals surface area contributed by atoms with Crippen molar-refractivity contribution in [2.24, 2.45) is 0 Å². The lowest BCUT2D eigenvalue weighted by Gasteiger charge is -2.23. The van der Waals surface area contributed by atoms with Crippen molar-refractivity contribution < 1.29 is 9.47 Å². The first kappa shape index (κ1) is 18.5. The number of hydrogen-bond donors (Lipinski definition) is 0. The Bertz CT molecular complexity index is 962. The Labute approximate surface area is 164 Å². The molecule has 2 aromatic heterocycles. The third-order valence-electron chi connectivity index (χ3n) is 4.77. The number of rotatable bonds is 5. The van der Waals surface area contributed by atoms with Crippen molar-refractivity contribution in [3.63, 3.8) is 0 Å². The van der Waals surface area contributed by atoms with Crippen LogP contribution in [-0.2, 0) is 4.74 Å². The first-order valence-electron chi connectivity index (χ1n) is 9.31. The molecule has 0 fully saturated rings. The molecule has 1 aromatic carbocycles. The molecule has 0 spiro atoms. The average Bonchev–Trinajstić information content (AvgIpc) is 3.10. The van der Waals surface area contributed by atoms with Crippen molar-refractivity contribution in [1.29, 1.82) is 0 Å². The topological polar surface area (TPSA) is 55.1 Å². The molecule has 0 radical (unpaired) electrons. The van der Waals surface area contributed by atoms with E-state index in [1.165, 1.54) is 0 Å². The van der Waals surface area contributed by atoms with Gasteiger partial charge in [0.1, 0.15) is 5.75 Å². The molecule has 0 atom stereocenters. The maximum Gasteiger partial charge on any atom is 0.234 e. The highest BCUT2D eigenvalue weighted by molar-refractivity contribution is 5.83. The van der Waals surface area contributed by atoms with Gasteiger partial charge in [0.05, 0.1) is 12.3 Å². The summed E-state index contributed by atoms with van der Waals surface area (Å²) in [5, 5.41) is 0. The highest BCUT2D eigenvalue weighted by atomic mass is 16.7. The van der Waals surface area contributed by atoms with E-state index in [0.29, 0.717) is 12.4 Å². The fourth-order valence-electron chi connectivity index (χ4n) is 3.10. The van der Waals surface area contributed by atoms with E-state index >= 15 is 0 Å². The van der Waals surface area contributed by atoms with E-state index in [2.05, 4.69) is 65.2 Å². The van der Waals surface area contributed by atoms with Crippen LogP contribution in [0.3, 0.4) is 0 Å². The summed E-state index contributed by atoms with van der Waals surface area (Å²) in [6, 6.07) is 8.17. The number of fused-ring (bicyclic) bond motifs is 2. The minimum atomic E-state index is 0.209. The Kier molecular flexibility index (Phi) is 5.27.